The van der Waals surface area contributed by atoms with Crippen molar-refractivity contribution < 1.29 is 9.53 Å². The highest BCUT2D eigenvalue weighted by molar-refractivity contribution is 5.72. The second kappa shape index (κ2) is 5.05. The summed E-state index contributed by atoms with van der Waals surface area (Å²) in [4.78, 5) is 11.3. The van der Waals surface area contributed by atoms with Crippen molar-refractivity contribution in [2.75, 3.05) is 7.11 Å². The Balaban J connectivity index is 2.47. The Bertz CT molecular complexity index is 196. The number of allylic oxidation sites excluding steroid dienone is 2. The van der Waals surface area contributed by atoms with Crippen LogP contribution in [0, 0.1) is 11.8 Å². The number of rotatable bonds is 2. The number of carbonyl (C=O) groups excluding carboxylic acids is 1. The molecule has 0 saturated heterocycles. The van der Waals surface area contributed by atoms with Crippen LogP contribution in [0.15, 0.2) is 12.2 Å². The SMILES string of the molecule is CCC1C=CCC(C(=O)OC)CC1. The van der Waals surface area contributed by atoms with Crippen molar-refractivity contribution in [3.63, 3.8) is 0 Å². The monoisotopic (exact) mass is 182 g/mol. The quantitative estimate of drug-likeness (QED) is 0.484. The zero-order chi connectivity index (χ0) is 9.68. The van der Waals surface area contributed by atoms with Crippen molar-refractivity contribution in [2.45, 2.75) is 32.6 Å². The van der Waals surface area contributed by atoms with Gasteiger partial charge in [-0.2, -0.15) is 0 Å². The molecule has 0 radical (unpaired) electrons. The molecule has 2 unspecified atom stereocenters. The van der Waals surface area contributed by atoms with Gasteiger partial charge in [-0.25, -0.2) is 0 Å². The van der Waals surface area contributed by atoms with Crippen LogP contribution in [0.3, 0.4) is 0 Å². The minimum atomic E-state index is -0.0543. The van der Waals surface area contributed by atoms with Gasteiger partial charge < -0.3 is 4.74 Å². The van der Waals surface area contributed by atoms with Gasteiger partial charge >= 0.3 is 5.97 Å². The highest BCUT2D eigenvalue weighted by atomic mass is 16.5. The van der Waals surface area contributed by atoms with Crippen LogP contribution >= 0.6 is 0 Å². The van der Waals surface area contributed by atoms with Gasteiger partial charge in [-0.15, -0.1) is 0 Å². The maximum atomic E-state index is 11.3. The summed E-state index contributed by atoms with van der Waals surface area (Å²) in [6.45, 7) is 2.19. The lowest BCUT2D eigenvalue weighted by Gasteiger charge is -2.11. The summed E-state index contributed by atoms with van der Waals surface area (Å²) in [5, 5.41) is 0. The fourth-order valence-electron chi connectivity index (χ4n) is 1.79. The fraction of sp³-hybridized carbons (Fsp3) is 0.727. The third-order valence-electron chi connectivity index (χ3n) is 2.77. The molecule has 0 amide bonds. The first-order chi connectivity index (χ1) is 6.27. The standard InChI is InChI=1S/C11H18O2/c1-3-9-5-4-6-10(8-7-9)11(12)13-2/h4-5,9-10H,3,6-8H2,1-2H3. The average Bonchev–Trinajstić information content (AvgIpc) is 2.41. The summed E-state index contributed by atoms with van der Waals surface area (Å²) in [7, 11) is 1.47. The zero-order valence-electron chi connectivity index (χ0n) is 8.45. The number of methoxy groups -OCH3 is 1. The lowest BCUT2D eigenvalue weighted by molar-refractivity contribution is -0.145. The summed E-state index contributed by atoms with van der Waals surface area (Å²) in [6, 6.07) is 0. The maximum Gasteiger partial charge on any atom is 0.308 e. The van der Waals surface area contributed by atoms with Gasteiger partial charge in [-0.3, -0.25) is 4.79 Å². The van der Waals surface area contributed by atoms with E-state index in [0.717, 1.165) is 19.3 Å². The van der Waals surface area contributed by atoms with Crippen molar-refractivity contribution >= 4 is 5.97 Å². The molecule has 0 heterocycles. The second-order valence-corrected chi connectivity index (χ2v) is 3.63. The molecule has 0 bridgehead atoms. The second-order valence-electron chi connectivity index (χ2n) is 3.63. The third-order valence-corrected chi connectivity index (χ3v) is 2.77. The largest absolute Gasteiger partial charge is 0.469 e. The molecule has 1 rings (SSSR count). The highest BCUT2D eigenvalue weighted by Crippen LogP contribution is 2.24. The van der Waals surface area contributed by atoms with Crippen LogP contribution in [-0.4, -0.2) is 13.1 Å². The average molecular weight is 182 g/mol. The first kappa shape index (κ1) is 10.3. The Kier molecular flexibility index (Phi) is 4.00. The van der Waals surface area contributed by atoms with Crippen LogP contribution in [0.1, 0.15) is 32.6 Å². The van der Waals surface area contributed by atoms with E-state index in [-0.39, 0.29) is 11.9 Å². The van der Waals surface area contributed by atoms with E-state index in [0.29, 0.717) is 5.92 Å². The summed E-state index contributed by atoms with van der Waals surface area (Å²) in [5.41, 5.74) is 0. The first-order valence-electron chi connectivity index (χ1n) is 5.02. The van der Waals surface area contributed by atoms with E-state index in [2.05, 4.69) is 19.1 Å². The number of carbonyl (C=O) groups is 1. The van der Waals surface area contributed by atoms with Gasteiger partial charge in [0.1, 0.15) is 0 Å². The van der Waals surface area contributed by atoms with E-state index in [1.165, 1.54) is 13.5 Å². The lowest BCUT2D eigenvalue weighted by Crippen LogP contribution is -2.15. The molecule has 1 aliphatic carbocycles. The molecule has 0 aliphatic heterocycles. The molecule has 13 heavy (non-hydrogen) atoms. The van der Waals surface area contributed by atoms with Crippen molar-refractivity contribution in [1.82, 2.24) is 0 Å². The van der Waals surface area contributed by atoms with Crippen LogP contribution in [0.25, 0.3) is 0 Å². The summed E-state index contributed by atoms with van der Waals surface area (Å²) in [5.74, 6) is 0.703. The van der Waals surface area contributed by atoms with E-state index in [9.17, 15) is 4.79 Å². The van der Waals surface area contributed by atoms with Gasteiger partial charge in [0.15, 0.2) is 0 Å². The Morgan fingerprint density at radius 2 is 2.31 bits per heavy atom. The van der Waals surface area contributed by atoms with Gasteiger partial charge in [-0.05, 0) is 31.6 Å². The van der Waals surface area contributed by atoms with Crippen molar-refractivity contribution in [3.8, 4) is 0 Å². The van der Waals surface area contributed by atoms with Crippen molar-refractivity contribution in [2.24, 2.45) is 11.8 Å². The van der Waals surface area contributed by atoms with Crippen LogP contribution < -0.4 is 0 Å². The molecular weight excluding hydrogens is 164 g/mol. The molecule has 2 atom stereocenters. The molecule has 0 aromatic rings. The topological polar surface area (TPSA) is 26.3 Å². The third kappa shape index (κ3) is 2.87. The van der Waals surface area contributed by atoms with Gasteiger partial charge in [0.25, 0.3) is 0 Å². The van der Waals surface area contributed by atoms with Gasteiger partial charge in [0.2, 0.25) is 0 Å². The molecule has 0 spiro atoms. The molecule has 0 fully saturated rings. The Labute approximate surface area is 80.0 Å². The van der Waals surface area contributed by atoms with Crippen molar-refractivity contribution in [1.29, 1.82) is 0 Å². The van der Waals surface area contributed by atoms with E-state index in [4.69, 9.17) is 4.74 Å². The van der Waals surface area contributed by atoms with Crippen molar-refractivity contribution in [3.05, 3.63) is 12.2 Å². The van der Waals surface area contributed by atoms with Crippen LogP contribution in [0.2, 0.25) is 0 Å². The van der Waals surface area contributed by atoms with E-state index in [1.54, 1.807) is 0 Å². The normalized spacial score (nSPS) is 28.2. The number of ether oxygens (including phenoxy) is 1. The molecule has 0 aromatic carbocycles. The highest BCUT2D eigenvalue weighted by Gasteiger charge is 2.20. The Morgan fingerprint density at radius 1 is 1.54 bits per heavy atom. The molecule has 2 nitrogen and oxygen atoms in total. The predicted octanol–water partition coefficient (Wildman–Crippen LogP) is 2.54. The molecule has 74 valence electrons. The fourth-order valence-corrected chi connectivity index (χ4v) is 1.79. The zero-order valence-corrected chi connectivity index (χ0v) is 8.45. The van der Waals surface area contributed by atoms with Gasteiger partial charge in [0.05, 0.1) is 13.0 Å². The van der Waals surface area contributed by atoms with Crippen LogP contribution in [-0.2, 0) is 9.53 Å². The summed E-state index contributed by atoms with van der Waals surface area (Å²) in [6.07, 6.45) is 8.48. The molecule has 2 heteroatoms. The number of hydrogen-bond acceptors (Lipinski definition) is 2. The van der Waals surface area contributed by atoms with Crippen LogP contribution in [0.4, 0.5) is 0 Å². The van der Waals surface area contributed by atoms with Gasteiger partial charge in [0, 0.05) is 0 Å². The molecular formula is C11H18O2. The predicted molar refractivity (Wildman–Crippen MR) is 52.3 cm³/mol. The number of hydrogen-bond donors (Lipinski definition) is 0. The first-order valence-corrected chi connectivity index (χ1v) is 5.02. The maximum absolute atomic E-state index is 11.3. The minimum absolute atomic E-state index is 0.0543. The van der Waals surface area contributed by atoms with E-state index < -0.39 is 0 Å². The molecule has 0 aromatic heterocycles. The molecule has 0 saturated carbocycles. The smallest absolute Gasteiger partial charge is 0.308 e. The molecule has 1 aliphatic rings. The Morgan fingerprint density at radius 3 is 2.92 bits per heavy atom. The van der Waals surface area contributed by atoms with E-state index in [1.807, 2.05) is 0 Å². The summed E-state index contributed by atoms with van der Waals surface area (Å²) < 4.78 is 4.74. The lowest BCUT2D eigenvalue weighted by atomic mass is 9.96. The minimum Gasteiger partial charge on any atom is -0.469 e. The number of esters is 1. The van der Waals surface area contributed by atoms with Gasteiger partial charge in [-0.1, -0.05) is 19.1 Å². The van der Waals surface area contributed by atoms with Crippen LogP contribution in [0.5, 0.6) is 0 Å². The summed E-state index contributed by atoms with van der Waals surface area (Å²) >= 11 is 0. The van der Waals surface area contributed by atoms with E-state index >= 15 is 0 Å². The molecule has 0 N–H and O–H groups in total. The Hall–Kier alpha value is -0.790.